The number of nitrogens with zero attached hydrogens (tertiary/aromatic N) is 4. The summed E-state index contributed by atoms with van der Waals surface area (Å²) in [5.74, 6) is 3.04. The van der Waals surface area contributed by atoms with Crippen LogP contribution in [0.25, 0.3) is 11.4 Å². The minimum absolute atomic E-state index is 0.0492. The molecular weight excluding hydrogens is 438 g/mol. The second-order valence-electron chi connectivity index (χ2n) is 8.50. The van der Waals surface area contributed by atoms with Crippen LogP contribution in [0.3, 0.4) is 0 Å². The number of ether oxygens (including phenoxy) is 2. The first-order chi connectivity index (χ1) is 16.2. The molecular formula is C24H27N5O3S. The minimum atomic E-state index is -0.0492. The van der Waals surface area contributed by atoms with Crippen LogP contribution >= 0.6 is 11.8 Å². The van der Waals surface area contributed by atoms with E-state index in [-0.39, 0.29) is 18.5 Å². The van der Waals surface area contributed by atoms with Crippen molar-refractivity contribution in [1.29, 1.82) is 0 Å². The van der Waals surface area contributed by atoms with Crippen molar-refractivity contribution in [2.45, 2.75) is 50.4 Å². The van der Waals surface area contributed by atoms with Crippen LogP contribution in [0.2, 0.25) is 0 Å². The van der Waals surface area contributed by atoms with Crippen LogP contribution in [0, 0.1) is 5.92 Å². The molecule has 0 saturated heterocycles. The molecule has 5 rings (SSSR count). The Kier molecular flexibility index (Phi) is 6.48. The summed E-state index contributed by atoms with van der Waals surface area (Å²) < 4.78 is 13.0. The van der Waals surface area contributed by atoms with Gasteiger partial charge in [0.05, 0.1) is 5.75 Å². The van der Waals surface area contributed by atoms with Crippen LogP contribution in [0.15, 0.2) is 47.9 Å². The van der Waals surface area contributed by atoms with Gasteiger partial charge in [0.15, 0.2) is 22.5 Å². The Bertz CT molecular complexity index is 1120. The summed E-state index contributed by atoms with van der Waals surface area (Å²) in [7, 11) is 0. The Hall–Kier alpha value is -3.07. The molecule has 0 bridgehead atoms. The van der Waals surface area contributed by atoms with Gasteiger partial charge in [-0.05, 0) is 48.6 Å². The summed E-state index contributed by atoms with van der Waals surface area (Å²) in [6.07, 6.45) is 8.31. The smallest absolute Gasteiger partial charge is 0.231 e. The molecule has 1 N–H and O–H groups in total. The molecule has 0 spiro atoms. The predicted octanol–water partition coefficient (Wildman–Crippen LogP) is 4.23. The highest BCUT2D eigenvalue weighted by atomic mass is 32.2. The number of carbonyl (C=O) groups excluding carboxylic acids is 1. The number of nitrogens with one attached hydrogen (secondary N) is 1. The molecule has 0 unspecified atom stereocenters. The average Bonchev–Trinajstić information content (AvgIpc) is 3.49. The Balaban J connectivity index is 1.27. The molecule has 1 aromatic carbocycles. The molecule has 0 radical (unpaired) electrons. The van der Waals surface area contributed by atoms with Crippen LogP contribution < -0.4 is 14.8 Å². The number of fused-ring (bicyclic) bond motifs is 1. The maximum absolute atomic E-state index is 12.6. The summed E-state index contributed by atoms with van der Waals surface area (Å²) in [6.45, 7) is 2.97. The molecule has 1 amide bonds. The van der Waals surface area contributed by atoms with Crippen LogP contribution in [0.5, 0.6) is 11.5 Å². The fourth-order valence-electron chi connectivity index (χ4n) is 4.48. The SMILES string of the molecule is C[C@@H]1CCCC[C@H]1n1c(SCC(=O)NCc2ccc3c(c2)OCO3)nnc1-c1cccnc1. The van der Waals surface area contributed by atoms with Gasteiger partial charge in [-0.3, -0.25) is 14.3 Å². The van der Waals surface area contributed by atoms with Crippen LogP contribution in [0.4, 0.5) is 0 Å². The highest BCUT2D eigenvalue weighted by molar-refractivity contribution is 7.99. The molecule has 3 aromatic rings. The van der Waals surface area contributed by atoms with Gasteiger partial charge < -0.3 is 14.8 Å². The standard InChI is InChI=1S/C24H27N5O3S/c1-16-5-2-3-7-19(16)29-23(18-6-4-10-25-13-18)27-28-24(29)33-14-22(30)26-12-17-8-9-20-21(11-17)32-15-31-20/h4,6,8-11,13,16,19H,2-3,5,7,12,14-15H2,1H3,(H,26,30)/t16-,19-/m1/s1. The Morgan fingerprint density at radius 1 is 1.18 bits per heavy atom. The van der Waals surface area contributed by atoms with Crippen molar-refractivity contribution in [3.8, 4) is 22.9 Å². The third-order valence-corrected chi connectivity index (χ3v) is 7.18. The van der Waals surface area contributed by atoms with Crippen molar-refractivity contribution >= 4 is 17.7 Å². The zero-order valence-corrected chi connectivity index (χ0v) is 19.4. The van der Waals surface area contributed by atoms with Crippen molar-refractivity contribution in [2.75, 3.05) is 12.5 Å². The number of hydrogen-bond acceptors (Lipinski definition) is 7. The molecule has 2 aliphatic rings. The van der Waals surface area contributed by atoms with E-state index < -0.39 is 0 Å². The highest BCUT2D eigenvalue weighted by Crippen LogP contribution is 2.39. The first kappa shape index (κ1) is 21.8. The van der Waals surface area contributed by atoms with E-state index in [2.05, 4.69) is 32.0 Å². The number of aromatic nitrogens is 4. The van der Waals surface area contributed by atoms with Crippen molar-refractivity contribution < 1.29 is 14.3 Å². The third kappa shape index (κ3) is 4.83. The third-order valence-electron chi connectivity index (χ3n) is 6.24. The maximum Gasteiger partial charge on any atom is 0.231 e. The number of carbonyl (C=O) groups is 1. The molecule has 1 saturated carbocycles. The average molecular weight is 466 g/mol. The van der Waals surface area contributed by atoms with Gasteiger partial charge in [-0.1, -0.05) is 37.6 Å². The second kappa shape index (κ2) is 9.82. The van der Waals surface area contributed by atoms with Gasteiger partial charge in [0.25, 0.3) is 0 Å². The minimum Gasteiger partial charge on any atom is -0.454 e. The summed E-state index contributed by atoms with van der Waals surface area (Å²) in [5, 5.41) is 12.7. The Morgan fingerprint density at radius 3 is 2.91 bits per heavy atom. The largest absolute Gasteiger partial charge is 0.454 e. The molecule has 3 heterocycles. The first-order valence-corrected chi connectivity index (χ1v) is 12.3. The summed E-state index contributed by atoms with van der Waals surface area (Å²) in [4.78, 5) is 16.9. The molecule has 1 fully saturated rings. The Morgan fingerprint density at radius 2 is 2.06 bits per heavy atom. The Labute approximate surface area is 197 Å². The van der Waals surface area contributed by atoms with Gasteiger partial charge in [0.1, 0.15) is 0 Å². The number of thioether (sulfide) groups is 1. The van der Waals surface area contributed by atoms with E-state index in [1.807, 2.05) is 36.5 Å². The lowest BCUT2D eigenvalue weighted by atomic mass is 9.85. The maximum atomic E-state index is 12.6. The summed E-state index contributed by atoms with van der Waals surface area (Å²) in [6, 6.07) is 9.94. The van der Waals surface area contributed by atoms with Gasteiger partial charge in [-0.25, -0.2) is 0 Å². The number of rotatable bonds is 7. The van der Waals surface area contributed by atoms with Gasteiger partial charge in [-0.15, -0.1) is 10.2 Å². The van der Waals surface area contributed by atoms with Gasteiger partial charge in [0, 0.05) is 30.5 Å². The lowest BCUT2D eigenvalue weighted by Gasteiger charge is -2.31. The molecule has 1 aliphatic heterocycles. The summed E-state index contributed by atoms with van der Waals surface area (Å²) >= 11 is 1.43. The van der Waals surface area contributed by atoms with Crippen molar-refractivity contribution in [1.82, 2.24) is 25.1 Å². The quantitative estimate of drug-likeness (QED) is 0.522. The highest BCUT2D eigenvalue weighted by Gasteiger charge is 2.29. The molecule has 172 valence electrons. The van der Waals surface area contributed by atoms with E-state index in [0.29, 0.717) is 24.3 Å². The zero-order valence-electron chi connectivity index (χ0n) is 18.6. The number of benzene rings is 1. The van der Waals surface area contributed by atoms with E-state index in [9.17, 15) is 4.79 Å². The van der Waals surface area contributed by atoms with Crippen molar-refractivity contribution in [2.24, 2.45) is 5.92 Å². The van der Waals surface area contributed by atoms with Gasteiger partial charge in [0.2, 0.25) is 12.7 Å². The van der Waals surface area contributed by atoms with E-state index in [4.69, 9.17) is 9.47 Å². The fourth-order valence-corrected chi connectivity index (χ4v) is 5.30. The normalized spacial score (nSPS) is 19.4. The number of amides is 1. The molecule has 9 heteroatoms. The van der Waals surface area contributed by atoms with Crippen LogP contribution in [0.1, 0.15) is 44.2 Å². The molecule has 8 nitrogen and oxygen atoms in total. The van der Waals surface area contributed by atoms with Gasteiger partial charge in [-0.2, -0.15) is 0 Å². The topological polar surface area (TPSA) is 91.2 Å². The lowest BCUT2D eigenvalue weighted by Crippen LogP contribution is -2.25. The van der Waals surface area contributed by atoms with E-state index in [1.54, 1.807) is 6.20 Å². The fraction of sp³-hybridized carbons (Fsp3) is 0.417. The van der Waals surface area contributed by atoms with Gasteiger partial charge >= 0.3 is 0 Å². The molecule has 2 atom stereocenters. The van der Waals surface area contributed by atoms with Crippen LogP contribution in [-0.2, 0) is 11.3 Å². The molecule has 1 aliphatic carbocycles. The monoisotopic (exact) mass is 465 g/mol. The number of pyridine rings is 1. The van der Waals surface area contributed by atoms with E-state index in [1.165, 1.54) is 31.0 Å². The van der Waals surface area contributed by atoms with E-state index in [0.717, 1.165) is 34.3 Å². The van der Waals surface area contributed by atoms with Crippen molar-refractivity contribution in [3.05, 3.63) is 48.3 Å². The lowest BCUT2D eigenvalue weighted by molar-refractivity contribution is -0.118. The number of hydrogen-bond donors (Lipinski definition) is 1. The van der Waals surface area contributed by atoms with E-state index >= 15 is 0 Å². The second-order valence-corrected chi connectivity index (χ2v) is 9.44. The molecule has 2 aromatic heterocycles. The summed E-state index contributed by atoms with van der Waals surface area (Å²) in [5.41, 5.74) is 1.91. The molecule has 33 heavy (non-hydrogen) atoms. The first-order valence-electron chi connectivity index (χ1n) is 11.3. The zero-order chi connectivity index (χ0) is 22.6. The van der Waals surface area contributed by atoms with Crippen molar-refractivity contribution in [3.63, 3.8) is 0 Å². The van der Waals surface area contributed by atoms with Crippen LogP contribution in [-0.4, -0.2) is 38.2 Å². The predicted molar refractivity (Wildman–Crippen MR) is 125 cm³/mol.